The maximum absolute atomic E-state index is 11.6. The van der Waals surface area contributed by atoms with Gasteiger partial charge in [-0.3, -0.25) is 8.98 Å². The molecule has 0 fully saturated rings. The molecule has 0 aromatic heterocycles. The molecule has 0 heterocycles. The van der Waals surface area contributed by atoms with Gasteiger partial charge in [0.1, 0.15) is 6.10 Å². The van der Waals surface area contributed by atoms with E-state index in [1.165, 1.54) is 19.1 Å². The lowest BCUT2D eigenvalue weighted by molar-refractivity contribution is -0.117. The molecule has 88 valence electrons. The number of hydrogen-bond acceptors (Lipinski definition) is 4. The second-order valence-corrected chi connectivity index (χ2v) is 5.25. The van der Waals surface area contributed by atoms with E-state index in [2.05, 4.69) is 4.18 Å². The zero-order chi connectivity index (χ0) is 12.3. The van der Waals surface area contributed by atoms with Crippen molar-refractivity contribution < 1.29 is 17.4 Å². The van der Waals surface area contributed by atoms with E-state index in [1.54, 1.807) is 12.1 Å². The van der Waals surface area contributed by atoms with Crippen molar-refractivity contribution in [1.29, 1.82) is 0 Å². The van der Waals surface area contributed by atoms with E-state index < -0.39 is 21.5 Å². The van der Waals surface area contributed by atoms with Crippen LogP contribution in [0.4, 0.5) is 0 Å². The van der Waals surface area contributed by atoms with Crippen LogP contribution in [-0.2, 0) is 19.1 Å². The normalized spacial score (nSPS) is 13.4. The summed E-state index contributed by atoms with van der Waals surface area (Å²) in [5.74, 6) is 0. The molecule has 0 unspecified atom stereocenters. The minimum Gasteiger partial charge on any atom is -0.278 e. The van der Waals surface area contributed by atoms with E-state index in [4.69, 9.17) is 11.6 Å². The predicted octanol–water partition coefficient (Wildman–Crippen LogP) is 1.85. The minimum absolute atomic E-state index is 0.00265. The molecular weight excluding hydrogens is 252 g/mol. The van der Waals surface area contributed by atoms with E-state index >= 15 is 0 Å². The van der Waals surface area contributed by atoms with Crippen LogP contribution in [-0.4, -0.2) is 19.8 Å². The van der Waals surface area contributed by atoms with Crippen LogP contribution in [0, 0.1) is 6.92 Å². The van der Waals surface area contributed by atoms with Crippen molar-refractivity contribution in [2.45, 2.75) is 24.8 Å². The Kier molecular flexibility index (Phi) is 4.07. The molecule has 0 aliphatic rings. The Morgan fingerprint density at radius 1 is 1.31 bits per heavy atom. The second-order valence-electron chi connectivity index (χ2n) is 3.31. The molecule has 0 spiro atoms. The summed E-state index contributed by atoms with van der Waals surface area (Å²) in [5.41, 5.74) is 0.931. The zero-order valence-corrected chi connectivity index (χ0v) is 10.4. The van der Waals surface area contributed by atoms with Crippen molar-refractivity contribution in [1.82, 2.24) is 0 Å². The lowest BCUT2D eigenvalue weighted by Gasteiger charge is -2.08. The van der Waals surface area contributed by atoms with Crippen LogP contribution in [0.15, 0.2) is 29.2 Å². The van der Waals surface area contributed by atoms with E-state index in [0.717, 1.165) is 5.56 Å². The van der Waals surface area contributed by atoms with Crippen molar-refractivity contribution in [2.75, 3.05) is 0 Å². The maximum atomic E-state index is 11.6. The van der Waals surface area contributed by atoms with Gasteiger partial charge in [0.05, 0.1) is 4.90 Å². The number of hydrogen-bond donors (Lipinski definition) is 0. The number of carbonyl (C=O) groups is 1. The maximum Gasteiger partial charge on any atom is 0.297 e. The van der Waals surface area contributed by atoms with E-state index in [0.29, 0.717) is 0 Å². The van der Waals surface area contributed by atoms with Gasteiger partial charge >= 0.3 is 0 Å². The summed E-state index contributed by atoms with van der Waals surface area (Å²) >= 11 is 5.12. The molecule has 0 aliphatic carbocycles. The third-order valence-corrected chi connectivity index (χ3v) is 3.60. The average Bonchev–Trinajstić information content (AvgIpc) is 2.17. The smallest absolute Gasteiger partial charge is 0.278 e. The number of rotatable bonds is 4. The monoisotopic (exact) mass is 262 g/mol. The first-order chi connectivity index (χ1) is 7.33. The summed E-state index contributed by atoms with van der Waals surface area (Å²) in [6.45, 7) is 3.11. The molecular formula is C10H11ClO4S. The largest absolute Gasteiger partial charge is 0.297 e. The molecule has 0 radical (unpaired) electrons. The summed E-state index contributed by atoms with van der Waals surface area (Å²) in [6.07, 6.45) is -1.19. The molecule has 0 N–H and O–H groups in total. The molecule has 1 aromatic carbocycles. The van der Waals surface area contributed by atoms with Gasteiger partial charge in [-0.1, -0.05) is 17.7 Å². The molecule has 4 nitrogen and oxygen atoms in total. The van der Waals surface area contributed by atoms with Crippen molar-refractivity contribution in [3.8, 4) is 0 Å². The van der Waals surface area contributed by atoms with Gasteiger partial charge in [-0.2, -0.15) is 8.42 Å². The fourth-order valence-electron chi connectivity index (χ4n) is 0.988. The third-order valence-electron chi connectivity index (χ3n) is 1.90. The van der Waals surface area contributed by atoms with Gasteiger partial charge in [0, 0.05) is 0 Å². The van der Waals surface area contributed by atoms with Crippen molar-refractivity contribution in [3.05, 3.63) is 29.8 Å². The Bertz CT molecular complexity index is 478. The SMILES string of the molecule is Cc1ccc(S(=O)(=O)O[C@H](C)C(=O)Cl)cc1. The molecule has 1 atom stereocenters. The molecule has 1 rings (SSSR count). The summed E-state index contributed by atoms with van der Waals surface area (Å²) in [7, 11) is -3.93. The van der Waals surface area contributed by atoms with Crippen LogP contribution in [0.3, 0.4) is 0 Å². The van der Waals surface area contributed by atoms with Gasteiger partial charge in [-0.15, -0.1) is 0 Å². The van der Waals surface area contributed by atoms with Crippen LogP contribution in [0.2, 0.25) is 0 Å². The summed E-state index contributed by atoms with van der Waals surface area (Å²) in [4.78, 5) is 10.7. The molecule has 0 bridgehead atoms. The van der Waals surface area contributed by atoms with Crippen LogP contribution in [0.25, 0.3) is 0 Å². The van der Waals surface area contributed by atoms with Gasteiger partial charge in [0.15, 0.2) is 0 Å². The molecule has 0 aliphatic heterocycles. The first kappa shape index (κ1) is 13.2. The first-order valence-corrected chi connectivity index (χ1v) is 6.31. The van der Waals surface area contributed by atoms with Crippen molar-refractivity contribution >= 4 is 27.0 Å². The molecule has 16 heavy (non-hydrogen) atoms. The van der Waals surface area contributed by atoms with E-state index in [-0.39, 0.29) is 4.90 Å². The van der Waals surface area contributed by atoms with E-state index in [9.17, 15) is 13.2 Å². The molecule has 1 aromatic rings. The quantitative estimate of drug-likeness (QED) is 0.614. The Labute approximate surface area is 99.3 Å². The Morgan fingerprint density at radius 2 is 1.81 bits per heavy atom. The Hall–Kier alpha value is -0.910. The van der Waals surface area contributed by atoms with Crippen molar-refractivity contribution in [2.24, 2.45) is 0 Å². The van der Waals surface area contributed by atoms with Gasteiger partial charge < -0.3 is 0 Å². The third kappa shape index (κ3) is 3.30. The average molecular weight is 263 g/mol. The molecule has 0 saturated heterocycles. The highest BCUT2D eigenvalue weighted by Crippen LogP contribution is 2.15. The second kappa shape index (κ2) is 4.95. The molecule has 0 amide bonds. The summed E-state index contributed by atoms with van der Waals surface area (Å²) in [6, 6.07) is 6.11. The summed E-state index contributed by atoms with van der Waals surface area (Å²) in [5, 5.41) is -0.851. The number of halogens is 1. The number of carbonyl (C=O) groups excluding carboxylic acids is 1. The highest BCUT2D eigenvalue weighted by atomic mass is 35.5. The van der Waals surface area contributed by atoms with Gasteiger partial charge in [0.2, 0.25) is 0 Å². The predicted molar refractivity (Wildman–Crippen MR) is 59.8 cm³/mol. The lowest BCUT2D eigenvalue weighted by atomic mass is 10.2. The van der Waals surface area contributed by atoms with Crippen LogP contribution < -0.4 is 0 Å². The summed E-state index contributed by atoms with van der Waals surface area (Å²) < 4.78 is 27.9. The Balaban J connectivity index is 2.94. The standard InChI is InChI=1S/C10H11ClO4S/c1-7-3-5-9(6-4-7)16(13,14)15-8(2)10(11)12/h3-6,8H,1-2H3/t8-/m1/s1. The van der Waals surface area contributed by atoms with E-state index in [1.807, 2.05) is 6.92 Å². The first-order valence-electron chi connectivity index (χ1n) is 4.52. The number of benzene rings is 1. The molecule has 6 heteroatoms. The highest BCUT2D eigenvalue weighted by Gasteiger charge is 2.22. The van der Waals surface area contributed by atoms with Crippen LogP contribution in [0.5, 0.6) is 0 Å². The van der Waals surface area contributed by atoms with Gasteiger partial charge in [0.25, 0.3) is 15.4 Å². The topological polar surface area (TPSA) is 60.4 Å². The zero-order valence-electron chi connectivity index (χ0n) is 8.81. The van der Waals surface area contributed by atoms with Gasteiger partial charge in [-0.25, -0.2) is 0 Å². The van der Waals surface area contributed by atoms with Crippen LogP contribution >= 0.6 is 11.6 Å². The molecule has 0 saturated carbocycles. The van der Waals surface area contributed by atoms with Crippen molar-refractivity contribution in [3.63, 3.8) is 0 Å². The fourth-order valence-corrected chi connectivity index (χ4v) is 2.13. The minimum atomic E-state index is -3.93. The van der Waals surface area contributed by atoms with Gasteiger partial charge in [-0.05, 0) is 37.6 Å². The number of aryl methyl sites for hydroxylation is 1. The lowest BCUT2D eigenvalue weighted by Crippen LogP contribution is -2.20. The highest BCUT2D eigenvalue weighted by molar-refractivity contribution is 7.86. The fraction of sp³-hybridized carbons (Fsp3) is 0.300. The Morgan fingerprint density at radius 3 is 2.25 bits per heavy atom. The van der Waals surface area contributed by atoms with Crippen LogP contribution in [0.1, 0.15) is 12.5 Å².